The van der Waals surface area contributed by atoms with Crippen molar-refractivity contribution in [2.45, 2.75) is 25.5 Å². The van der Waals surface area contributed by atoms with Crippen LogP contribution in [0.1, 0.15) is 18.4 Å². The fourth-order valence-corrected chi connectivity index (χ4v) is 2.21. The third kappa shape index (κ3) is 3.85. The Morgan fingerprint density at radius 1 is 1.35 bits per heavy atom. The van der Waals surface area contributed by atoms with E-state index in [0.29, 0.717) is 6.54 Å². The van der Waals surface area contributed by atoms with Crippen LogP contribution >= 0.6 is 0 Å². The predicted molar refractivity (Wildman–Crippen MR) is 73.1 cm³/mol. The van der Waals surface area contributed by atoms with Crippen LogP contribution in [0.25, 0.3) is 0 Å². The Labute approximate surface area is 117 Å². The van der Waals surface area contributed by atoms with Gasteiger partial charge in [0, 0.05) is 12.6 Å². The van der Waals surface area contributed by atoms with Gasteiger partial charge in [0.15, 0.2) is 0 Å². The highest BCUT2D eigenvalue weighted by atomic mass is 16.6. The molecule has 1 N–H and O–H groups in total. The first-order valence-corrected chi connectivity index (χ1v) is 6.55. The van der Waals surface area contributed by atoms with Crippen LogP contribution in [-0.4, -0.2) is 34.7 Å². The summed E-state index contributed by atoms with van der Waals surface area (Å²) in [5.74, 6) is -1.01. The number of carboxylic acid groups (broad SMARTS) is 1. The number of rotatable bonds is 4. The number of benzene rings is 1. The quantitative estimate of drug-likeness (QED) is 0.857. The van der Waals surface area contributed by atoms with Gasteiger partial charge in [-0.25, -0.2) is 9.59 Å². The fourth-order valence-electron chi connectivity index (χ4n) is 2.21. The van der Waals surface area contributed by atoms with E-state index in [4.69, 9.17) is 9.84 Å². The Kier molecular flexibility index (Phi) is 4.76. The number of aliphatic carboxylic acids is 1. The number of hydrogen-bond donors (Lipinski definition) is 1. The minimum absolute atomic E-state index is 0.186. The van der Waals surface area contributed by atoms with Crippen molar-refractivity contribution in [3.63, 3.8) is 0 Å². The molecular weight excluding hydrogens is 258 g/mol. The number of carbonyl (C=O) groups excluding carboxylic acids is 1. The van der Waals surface area contributed by atoms with Crippen LogP contribution in [0.2, 0.25) is 0 Å². The van der Waals surface area contributed by atoms with Crippen molar-refractivity contribution >= 4 is 12.1 Å². The molecule has 1 saturated heterocycles. The van der Waals surface area contributed by atoms with Gasteiger partial charge in [-0.15, -0.1) is 0 Å². The molecule has 0 radical (unpaired) electrons. The Hall–Kier alpha value is -2.30. The highest BCUT2D eigenvalue weighted by Crippen LogP contribution is 2.19. The van der Waals surface area contributed by atoms with E-state index < -0.39 is 12.1 Å². The Morgan fingerprint density at radius 2 is 2.10 bits per heavy atom. The van der Waals surface area contributed by atoms with Crippen LogP contribution in [0.4, 0.5) is 4.79 Å². The molecule has 1 aliphatic heterocycles. The van der Waals surface area contributed by atoms with Gasteiger partial charge < -0.3 is 14.7 Å². The van der Waals surface area contributed by atoms with Crippen molar-refractivity contribution in [2.24, 2.45) is 0 Å². The molecule has 0 unspecified atom stereocenters. The largest absolute Gasteiger partial charge is 0.478 e. The van der Waals surface area contributed by atoms with Crippen molar-refractivity contribution in [3.05, 3.63) is 48.0 Å². The van der Waals surface area contributed by atoms with E-state index in [0.717, 1.165) is 24.5 Å². The van der Waals surface area contributed by atoms with Crippen LogP contribution in [0.3, 0.4) is 0 Å². The maximum atomic E-state index is 12.0. The van der Waals surface area contributed by atoms with Crippen LogP contribution < -0.4 is 0 Å². The number of carbonyl (C=O) groups is 2. The average Bonchev–Trinajstić information content (AvgIpc) is 2.92. The molecule has 5 heteroatoms. The minimum atomic E-state index is -1.01. The number of likely N-dealkylation sites (tertiary alicyclic amines) is 1. The lowest BCUT2D eigenvalue weighted by atomic mass is 10.2. The van der Waals surface area contributed by atoms with Crippen molar-refractivity contribution in [2.75, 3.05) is 6.54 Å². The van der Waals surface area contributed by atoms with Gasteiger partial charge in [-0.1, -0.05) is 36.4 Å². The molecule has 0 aromatic heterocycles. The number of hydrogen-bond acceptors (Lipinski definition) is 3. The molecule has 1 fully saturated rings. The average molecular weight is 275 g/mol. The molecule has 5 nitrogen and oxygen atoms in total. The highest BCUT2D eigenvalue weighted by molar-refractivity contribution is 5.80. The lowest BCUT2D eigenvalue weighted by molar-refractivity contribution is -0.131. The molecule has 20 heavy (non-hydrogen) atoms. The van der Waals surface area contributed by atoms with Crippen molar-refractivity contribution in [3.8, 4) is 0 Å². The van der Waals surface area contributed by atoms with E-state index >= 15 is 0 Å². The van der Waals surface area contributed by atoms with Gasteiger partial charge in [0.1, 0.15) is 6.61 Å². The smallest absolute Gasteiger partial charge is 0.410 e. The van der Waals surface area contributed by atoms with Crippen molar-refractivity contribution in [1.29, 1.82) is 0 Å². The molecule has 1 atom stereocenters. The second-order valence-corrected chi connectivity index (χ2v) is 4.64. The standard InChI is InChI=1S/C15H17NO4/c17-14(18)9-8-13-7-4-10-16(13)15(19)20-11-12-5-2-1-3-6-12/h1-3,5-6,8-9,13H,4,7,10-11H2,(H,17,18)/t13-/m1/s1. The monoisotopic (exact) mass is 275 g/mol. The first-order valence-electron chi connectivity index (χ1n) is 6.55. The van der Waals surface area contributed by atoms with Gasteiger partial charge >= 0.3 is 12.1 Å². The number of amides is 1. The van der Waals surface area contributed by atoms with Gasteiger partial charge in [0.05, 0.1) is 6.04 Å². The molecule has 0 saturated carbocycles. The fraction of sp³-hybridized carbons (Fsp3) is 0.333. The van der Waals surface area contributed by atoms with E-state index in [1.54, 1.807) is 11.0 Å². The Bertz CT molecular complexity index is 498. The maximum absolute atomic E-state index is 12.0. The van der Waals surface area contributed by atoms with Crippen LogP contribution in [0, 0.1) is 0 Å². The molecule has 1 aromatic carbocycles. The zero-order chi connectivity index (χ0) is 14.4. The summed E-state index contributed by atoms with van der Waals surface area (Å²) in [6.45, 7) is 0.827. The minimum Gasteiger partial charge on any atom is -0.478 e. The summed E-state index contributed by atoms with van der Waals surface area (Å²) in [7, 11) is 0. The van der Waals surface area contributed by atoms with Gasteiger partial charge in [-0.05, 0) is 18.4 Å². The number of carboxylic acids is 1. The zero-order valence-corrected chi connectivity index (χ0v) is 11.1. The normalized spacial score (nSPS) is 18.4. The molecular formula is C15H17NO4. The molecule has 1 aromatic rings. The SMILES string of the molecule is O=C(O)C=C[C@H]1CCCN1C(=O)OCc1ccccc1. The molecule has 1 heterocycles. The first-order chi connectivity index (χ1) is 9.66. The van der Waals surface area contributed by atoms with E-state index in [1.165, 1.54) is 0 Å². The maximum Gasteiger partial charge on any atom is 0.410 e. The summed E-state index contributed by atoms with van der Waals surface area (Å²) in [6, 6.07) is 9.26. The van der Waals surface area contributed by atoms with E-state index in [2.05, 4.69) is 0 Å². The van der Waals surface area contributed by atoms with E-state index in [9.17, 15) is 9.59 Å². The summed E-state index contributed by atoms with van der Waals surface area (Å²) in [6.07, 6.45) is 3.85. The highest BCUT2D eigenvalue weighted by Gasteiger charge is 2.28. The molecule has 2 rings (SSSR count). The van der Waals surface area contributed by atoms with Crippen LogP contribution in [0.15, 0.2) is 42.5 Å². The Balaban J connectivity index is 1.89. The summed E-state index contributed by atoms with van der Waals surface area (Å²) >= 11 is 0. The van der Waals surface area contributed by atoms with Crippen LogP contribution in [0.5, 0.6) is 0 Å². The third-order valence-electron chi connectivity index (χ3n) is 3.20. The lowest BCUT2D eigenvalue weighted by Gasteiger charge is -2.21. The lowest BCUT2D eigenvalue weighted by Crippen LogP contribution is -2.34. The molecule has 106 valence electrons. The molecule has 0 aliphatic carbocycles. The van der Waals surface area contributed by atoms with Gasteiger partial charge in [0.2, 0.25) is 0 Å². The zero-order valence-electron chi connectivity index (χ0n) is 11.1. The summed E-state index contributed by atoms with van der Waals surface area (Å²) in [4.78, 5) is 24.1. The molecule has 1 aliphatic rings. The summed E-state index contributed by atoms with van der Waals surface area (Å²) in [5.41, 5.74) is 0.928. The van der Waals surface area contributed by atoms with Gasteiger partial charge in [-0.2, -0.15) is 0 Å². The molecule has 1 amide bonds. The van der Waals surface area contributed by atoms with Crippen LogP contribution in [-0.2, 0) is 16.1 Å². The van der Waals surface area contributed by atoms with E-state index in [-0.39, 0.29) is 12.6 Å². The third-order valence-corrected chi connectivity index (χ3v) is 3.20. The number of nitrogens with zero attached hydrogens (tertiary/aromatic N) is 1. The van der Waals surface area contributed by atoms with Gasteiger partial charge in [-0.3, -0.25) is 0 Å². The summed E-state index contributed by atoms with van der Waals surface area (Å²) < 4.78 is 5.25. The topological polar surface area (TPSA) is 66.8 Å². The number of ether oxygens (including phenoxy) is 1. The summed E-state index contributed by atoms with van der Waals surface area (Å²) in [5, 5.41) is 8.63. The molecule has 0 spiro atoms. The van der Waals surface area contributed by atoms with E-state index in [1.807, 2.05) is 30.3 Å². The van der Waals surface area contributed by atoms with Gasteiger partial charge in [0.25, 0.3) is 0 Å². The first kappa shape index (κ1) is 14.1. The second kappa shape index (κ2) is 6.75. The predicted octanol–water partition coefficient (Wildman–Crippen LogP) is 2.43. The molecule has 0 bridgehead atoms. The van der Waals surface area contributed by atoms with Crippen molar-refractivity contribution < 1.29 is 19.4 Å². The Morgan fingerprint density at radius 3 is 2.80 bits per heavy atom. The van der Waals surface area contributed by atoms with Crippen molar-refractivity contribution in [1.82, 2.24) is 4.90 Å². The second-order valence-electron chi connectivity index (χ2n) is 4.64.